The third-order valence-corrected chi connectivity index (χ3v) is 4.01. The molecule has 26 heavy (non-hydrogen) atoms. The van der Waals surface area contributed by atoms with Crippen LogP contribution in [0.1, 0.15) is 24.7 Å². The molecule has 1 N–H and O–H groups in total. The van der Waals surface area contributed by atoms with E-state index in [4.69, 9.17) is 0 Å². The third kappa shape index (κ3) is 3.77. The number of carbonyl (C=O) groups is 1. The molecule has 0 saturated heterocycles. The number of rotatable bonds is 5. The molecule has 1 amide bonds. The zero-order valence-electron chi connectivity index (χ0n) is 14.1. The van der Waals surface area contributed by atoms with Gasteiger partial charge in [0.15, 0.2) is 0 Å². The van der Waals surface area contributed by atoms with Crippen LogP contribution in [0.5, 0.6) is 0 Å². The van der Waals surface area contributed by atoms with Gasteiger partial charge in [-0.2, -0.15) is 0 Å². The van der Waals surface area contributed by atoms with Gasteiger partial charge in [-0.3, -0.25) is 15.0 Å². The highest BCUT2D eigenvalue weighted by Crippen LogP contribution is 2.11. The molecule has 0 spiro atoms. The minimum atomic E-state index is -0.479. The van der Waals surface area contributed by atoms with E-state index >= 15 is 0 Å². The average Bonchev–Trinajstić information content (AvgIpc) is 2.63. The minimum absolute atomic E-state index is 0.128. The first-order chi connectivity index (χ1) is 12.5. The highest BCUT2D eigenvalue weighted by Gasteiger charge is 2.13. The van der Waals surface area contributed by atoms with Crippen LogP contribution in [-0.2, 0) is 17.6 Å². The summed E-state index contributed by atoms with van der Waals surface area (Å²) in [5, 5.41) is 0.224. The van der Waals surface area contributed by atoms with E-state index in [0.29, 0.717) is 18.7 Å². The van der Waals surface area contributed by atoms with Crippen molar-refractivity contribution in [3.8, 4) is 0 Å². The Morgan fingerprint density at radius 1 is 1.12 bits per heavy atom. The van der Waals surface area contributed by atoms with Gasteiger partial charge in [-0.15, -0.1) is 0 Å². The fourth-order valence-electron chi connectivity index (χ4n) is 2.65. The molecule has 1 heterocycles. The molecular formula is C19H17F2N3O2. The van der Waals surface area contributed by atoms with E-state index in [-0.39, 0.29) is 29.0 Å². The number of aryl methyl sites for hydroxylation is 2. The first-order valence-corrected chi connectivity index (χ1v) is 8.23. The standard InChI is InChI=1S/C19H17F2N3O2/c1-2-17-22-16-11-14(21)8-9-15(16)19(26)24(17)23-18(25)10-5-12-3-6-13(20)7-4-12/h3-4,6-9,11H,2,5,10H2,1H3,(H,23,25). The molecule has 0 saturated carbocycles. The lowest BCUT2D eigenvalue weighted by molar-refractivity contribution is -0.117. The van der Waals surface area contributed by atoms with Gasteiger partial charge in [0.1, 0.15) is 17.5 Å². The van der Waals surface area contributed by atoms with E-state index in [1.165, 1.54) is 30.3 Å². The molecule has 134 valence electrons. The molecule has 0 radical (unpaired) electrons. The SMILES string of the molecule is CCc1nc2cc(F)ccc2c(=O)n1NC(=O)CCc1ccc(F)cc1. The lowest BCUT2D eigenvalue weighted by atomic mass is 10.1. The number of benzene rings is 2. The van der Waals surface area contributed by atoms with Crippen LogP contribution < -0.4 is 11.0 Å². The lowest BCUT2D eigenvalue weighted by Gasteiger charge is -2.13. The molecule has 0 bridgehead atoms. The zero-order chi connectivity index (χ0) is 18.7. The summed E-state index contributed by atoms with van der Waals surface area (Å²) in [5.74, 6) is -0.846. The Labute approximate surface area is 148 Å². The summed E-state index contributed by atoms with van der Waals surface area (Å²) in [5.41, 5.74) is 3.17. The molecule has 0 unspecified atom stereocenters. The Kier molecular flexibility index (Phi) is 5.06. The second kappa shape index (κ2) is 7.43. The Hall–Kier alpha value is -3.09. The zero-order valence-corrected chi connectivity index (χ0v) is 14.1. The number of fused-ring (bicyclic) bond motifs is 1. The molecule has 1 aromatic heterocycles. The van der Waals surface area contributed by atoms with Gasteiger partial charge < -0.3 is 0 Å². The summed E-state index contributed by atoms with van der Waals surface area (Å²) in [7, 11) is 0. The summed E-state index contributed by atoms with van der Waals surface area (Å²) in [6.45, 7) is 1.79. The molecule has 3 rings (SSSR count). The molecule has 2 aromatic carbocycles. The van der Waals surface area contributed by atoms with Crippen LogP contribution in [-0.4, -0.2) is 15.6 Å². The topological polar surface area (TPSA) is 64.0 Å². The normalized spacial score (nSPS) is 10.9. The van der Waals surface area contributed by atoms with Gasteiger partial charge in [0.2, 0.25) is 5.91 Å². The summed E-state index contributed by atoms with van der Waals surface area (Å²) in [4.78, 5) is 29.1. The first-order valence-electron chi connectivity index (χ1n) is 8.23. The van der Waals surface area contributed by atoms with E-state index in [1.807, 2.05) is 0 Å². The number of carbonyl (C=O) groups excluding carboxylic acids is 1. The van der Waals surface area contributed by atoms with Gasteiger partial charge in [0.05, 0.1) is 10.9 Å². The molecule has 0 atom stereocenters. The van der Waals surface area contributed by atoms with Crippen molar-refractivity contribution in [3.05, 3.63) is 75.8 Å². The number of nitrogens with zero attached hydrogens (tertiary/aromatic N) is 2. The second-order valence-electron chi connectivity index (χ2n) is 5.85. The quantitative estimate of drug-likeness (QED) is 0.764. The van der Waals surface area contributed by atoms with Crippen molar-refractivity contribution in [1.82, 2.24) is 9.66 Å². The highest BCUT2D eigenvalue weighted by molar-refractivity contribution is 5.84. The molecule has 0 aliphatic carbocycles. The van der Waals surface area contributed by atoms with Crippen molar-refractivity contribution in [3.63, 3.8) is 0 Å². The van der Waals surface area contributed by atoms with Gasteiger partial charge >= 0.3 is 0 Å². The predicted octanol–water partition coefficient (Wildman–Crippen LogP) is 2.94. The molecule has 0 aliphatic heterocycles. The van der Waals surface area contributed by atoms with E-state index in [1.54, 1.807) is 19.1 Å². The number of aromatic nitrogens is 2. The van der Waals surface area contributed by atoms with Crippen LogP contribution in [0.2, 0.25) is 0 Å². The average molecular weight is 357 g/mol. The van der Waals surface area contributed by atoms with Crippen LogP contribution in [0.4, 0.5) is 8.78 Å². The van der Waals surface area contributed by atoms with Gasteiger partial charge in [-0.05, 0) is 36.2 Å². The molecule has 0 aliphatic rings. The Balaban J connectivity index is 1.82. The van der Waals surface area contributed by atoms with E-state index in [0.717, 1.165) is 10.2 Å². The summed E-state index contributed by atoms with van der Waals surface area (Å²) < 4.78 is 27.4. The van der Waals surface area contributed by atoms with Crippen LogP contribution >= 0.6 is 0 Å². The number of hydrogen-bond acceptors (Lipinski definition) is 3. The third-order valence-electron chi connectivity index (χ3n) is 4.01. The highest BCUT2D eigenvalue weighted by atomic mass is 19.1. The van der Waals surface area contributed by atoms with Gasteiger partial charge in [0.25, 0.3) is 5.56 Å². The maximum absolute atomic E-state index is 13.4. The summed E-state index contributed by atoms with van der Waals surface area (Å²) in [6.07, 6.45) is 0.928. The monoisotopic (exact) mass is 357 g/mol. The minimum Gasteiger partial charge on any atom is -0.273 e. The first kappa shape index (κ1) is 17.7. The van der Waals surface area contributed by atoms with Crippen LogP contribution in [0.3, 0.4) is 0 Å². The fourth-order valence-corrected chi connectivity index (χ4v) is 2.65. The fraction of sp³-hybridized carbons (Fsp3) is 0.211. The molecule has 0 fully saturated rings. The van der Waals surface area contributed by atoms with Crippen molar-refractivity contribution >= 4 is 16.8 Å². The van der Waals surface area contributed by atoms with Crippen LogP contribution in [0.15, 0.2) is 47.3 Å². The predicted molar refractivity (Wildman–Crippen MR) is 94.4 cm³/mol. The van der Waals surface area contributed by atoms with Crippen molar-refractivity contribution in [2.45, 2.75) is 26.2 Å². The molecule has 5 nitrogen and oxygen atoms in total. The van der Waals surface area contributed by atoms with Gasteiger partial charge in [-0.1, -0.05) is 19.1 Å². The van der Waals surface area contributed by atoms with E-state index in [2.05, 4.69) is 10.4 Å². The van der Waals surface area contributed by atoms with Gasteiger partial charge in [0, 0.05) is 18.9 Å². The Bertz CT molecular complexity index is 1010. The van der Waals surface area contributed by atoms with Crippen LogP contribution in [0, 0.1) is 11.6 Å². The Morgan fingerprint density at radius 2 is 1.81 bits per heavy atom. The largest absolute Gasteiger partial charge is 0.280 e. The molecule has 3 aromatic rings. The Morgan fingerprint density at radius 3 is 2.50 bits per heavy atom. The van der Waals surface area contributed by atoms with Crippen molar-refractivity contribution < 1.29 is 13.6 Å². The molecular weight excluding hydrogens is 340 g/mol. The van der Waals surface area contributed by atoms with E-state index < -0.39 is 11.4 Å². The molecule has 7 heteroatoms. The number of halogens is 2. The number of amides is 1. The van der Waals surface area contributed by atoms with Gasteiger partial charge in [-0.25, -0.2) is 18.4 Å². The van der Waals surface area contributed by atoms with Crippen molar-refractivity contribution in [1.29, 1.82) is 0 Å². The van der Waals surface area contributed by atoms with Crippen LogP contribution in [0.25, 0.3) is 10.9 Å². The van der Waals surface area contributed by atoms with E-state index in [9.17, 15) is 18.4 Å². The summed E-state index contributed by atoms with van der Waals surface area (Å²) >= 11 is 0. The lowest BCUT2D eigenvalue weighted by Crippen LogP contribution is -2.36. The number of nitrogens with one attached hydrogen (secondary N) is 1. The maximum Gasteiger partial charge on any atom is 0.280 e. The maximum atomic E-state index is 13.4. The van der Waals surface area contributed by atoms with Crippen molar-refractivity contribution in [2.24, 2.45) is 0 Å². The summed E-state index contributed by atoms with van der Waals surface area (Å²) in [6, 6.07) is 9.60. The number of hydrogen-bond donors (Lipinski definition) is 1. The smallest absolute Gasteiger partial charge is 0.273 e. The van der Waals surface area contributed by atoms with Crippen molar-refractivity contribution in [2.75, 3.05) is 5.43 Å². The second-order valence-corrected chi connectivity index (χ2v) is 5.85.